The fourth-order valence-electron chi connectivity index (χ4n) is 11.0. The van der Waals surface area contributed by atoms with Gasteiger partial charge >= 0.3 is 0 Å². The minimum Gasteiger partial charge on any atom is -0.394 e. The van der Waals surface area contributed by atoms with Crippen LogP contribution in [0.15, 0.2) is 11.6 Å². The van der Waals surface area contributed by atoms with E-state index in [0.29, 0.717) is 30.5 Å². The lowest BCUT2D eigenvalue weighted by molar-refractivity contribution is -0.319. The van der Waals surface area contributed by atoms with E-state index in [4.69, 9.17) is 9.47 Å². The average molecular weight is 621 g/mol. The first-order chi connectivity index (χ1) is 20.3. The van der Waals surface area contributed by atoms with Gasteiger partial charge in [-0.2, -0.15) is 0 Å². The Balaban J connectivity index is 1.37. The number of allylic oxidation sites excluding steroid dienone is 1. The smallest absolute Gasteiger partial charge is 0.187 e. The lowest BCUT2D eigenvalue weighted by atomic mass is 9.38. The fourth-order valence-corrected chi connectivity index (χ4v) is 11.0. The predicted octanol–water partition coefficient (Wildman–Crippen LogP) is 4.53. The molecule has 44 heavy (non-hydrogen) atoms. The molecule has 1 aliphatic heterocycles. The Kier molecular flexibility index (Phi) is 9.15. The molecule has 5 aliphatic rings. The lowest BCUT2D eigenvalue weighted by Gasteiger charge is -2.65. The summed E-state index contributed by atoms with van der Waals surface area (Å²) >= 11 is 0. The number of aliphatic hydroxyl groups is 5. The largest absolute Gasteiger partial charge is 0.394 e. The second-order valence-corrected chi connectivity index (χ2v) is 17.2. The maximum Gasteiger partial charge on any atom is 0.187 e. The van der Waals surface area contributed by atoms with E-state index < -0.39 is 53.7 Å². The molecule has 8 nitrogen and oxygen atoms in total. The summed E-state index contributed by atoms with van der Waals surface area (Å²) in [5.74, 6) is 1.78. The number of rotatable bonds is 8. The first-order valence-corrected chi connectivity index (χ1v) is 17.2. The zero-order valence-electron chi connectivity index (χ0n) is 28.4. The van der Waals surface area contributed by atoms with Gasteiger partial charge in [0, 0.05) is 17.3 Å². The highest BCUT2D eigenvalue weighted by Crippen LogP contribution is 2.74. The van der Waals surface area contributed by atoms with E-state index in [1.165, 1.54) is 5.57 Å². The number of ether oxygens (including phenoxy) is 2. The van der Waals surface area contributed by atoms with Gasteiger partial charge in [0.25, 0.3) is 0 Å². The average Bonchev–Trinajstić information content (AvgIpc) is 3.20. The van der Waals surface area contributed by atoms with E-state index in [1.807, 2.05) is 13.8 Å². The molecule has 0 aromatic rings. The summed E-state index contributed by atoms with van der Waals surface area (Å²) in [5.41, 5.74) is -0.289. The molecule has 252 valence electrons. The van der Waals surface area contributed by atoms with E-state index in [1.54, 1.807) is 0 Å². The number of hydrogen-bond donors (Lipinski definition) is 5. The summed E-state index contributed by atoms with van der Waals surface area (Å²) < 4.78 is 12.1. The van der Waals surface area contributed by atoms with E-state index in [2.05, 4.69) is 47.6 Å². The van der Waals surface area contributed by atoms with Crippen LogP contribution in [0.3, 0.4) is 0 Å². The highest BCUT2D eigenvalue weighted by atomic mass is 16.7. The maximum atomic E-state index is 14.6. The van der Waals surface area contributed by atoms with Gasteiger partial charge in [-0.05, 0) is 86.9 Å². The third-order valence-corrected chi connectivity index (χ3v) is 13.9. The van der Waals surface area contributed by atoms with Gasteiger partial charge in [0.05, 0.1) is 18.3 Å². The van der Waals surface area contributed by atoms with Crippen LogP contribution in [-0.4, -0.2) is 80.3 Å². The highest BCUT2D eigenvalue weighted by Gasteiger charge is 2.70. The molecule has 5 N–H and O–H groups in total. The van der Waals surface area contributed by atoms with Crippen LogP contribution in [0.2, 0.25) is 0 Å². The van der Waals surface area contributed by atoms with Crippen molar-refractivity contribution in [3.8, 4) is 0 Å². The van der Waals surface area contributed by atoms with Gasteiger partial charge in [-0.15, -0.1) is 0 Å². The van der Waals surface area contributed by atoms with Crippen LogP contribution >= 0.6 is 0 Å². The number of hydrogen-bond acceptors (Lipinski definition) is 8. The van der Waals surface area contributed by atoms with E-state index >= 15 is 0 Å². The third-order valence-electron chi connectivity index (χ3n) is 13.9. The van der Waals surface area contributed by atoms with Crippen LogP contribution in [0.5, 0.6) is 0 Å². The molecule has 0 aromatic carbocycles. The summed E-state index contributed by atoms with van der Waals surface area (Å²) in [5, 5.41) is 51.1. The van der Waals surface area contributed by atoms with Crippen molar-refractivity contribution in [2.45, 2.75) is 156 Å². The molecule has 0 radical (unpaired) electrons. The van der Waals surface area contributed by atoms with Crippen LogP contribution in [0.25, 0.3) is 0 Å². The van der Waals surface area contributed by atoms with E-state index in [0.717, 1.165) is 44.9 Å². The molecule has 4 aliphatic carbocycles. The number of aliphatic hydroxyl groups excluding tert-OH is 4. The summed E-state index contributed by atoms with van der Waals surface area (Å²) in [4.78, 5) is 14.6. The summed E-state index contributed by atoms with van der Waals surface area (Å²) in [6, 6.07) is 0. The molecule has 0 aromatic heterocycles. The predicted molar refractivity (Wildman–Crippen MR) is 167 cm³/mol. The molecule has 8 heteroatoms. The minimum absolute atomic E-state index is 0.0489. The van der Waals surface area contributed by atoms with Gasteiger partial charge in [0.2, 0.25) is 0 Å². The molecule has 0 spiro atoms. The Labute approximate surface area is 264 Å². The van der Waals surface area contributed by atoms with Gasteiger partial charge in [-0.25, -0.2) is 0 Å². The minimum atomic E-state index is -1.48. The van der Waals surface area contributed by atoms with Crippen molar-refractivity contribution in [3.63, 3.8) is 0 Å². The number of fused-ring (bicyclic) bond motifs is 5. The van der Waals surface area contributed by atoms with Crippen LogP contribution in [-0.2, 0) is 14.3 Å². The number of carbonyl (C=O) groups excluding carboxylic acids is 1. The molecule has 4 fully saturated rings. The van der Waals surface area contributed by atoms with Gasteiger partial charge in [-0.1, -0.05) is 66.0 Å². The Hall–Kier alpha value is -0.870. The molecule has 5 rings (SSSR count). The molecule has 1 heterocycles. The molecular formula is C36H60O8. The normalized spacial score (nSPS) is 47.8. The standard InChI is InChI=1S/C36H60O8/c1-20(10-9-16-32(2,3)42)21-15-17-34(6)25-13-11-22-23(36(25,8)26(38)18-35(21,34)7)12-14-27(33(22,4)5)44-31-30(41)29(40)28(39)24(19-37)43-31/h11,20-21,23-25,27-31,37,39-42H,9-10,12-19H2,1-8H3/t20-,21?,23?,24-,25?,27+,28-,29+,30-,31+,34+,35-,36+/m1/s1. The Bertz CT molecular complexity index is 1110. The van der Waals surface area contributed by atoms with Gasteiger partial charge in [0.1, 0.15) is 30.2 Å². The van der Waals surface area contributed by atoms with Crippen molar-refractivity contribution in [2.24, 2.45) is 45.3 Å². The first kappa shape index (κ1) is 34.5. The molecule has 0 bridgehead atoms. The molecule has 1 saturated heterocycles. The third kappa shape index (κ3) is 5.27. The van der Waals surface area contributed by atoms with Crippen molar-refractivity contribution in [3.05, 3.63) is 11.6 Å². The SMILES string of the molecule is C[C@H](CCCC(C)(C)O)C1CC[C@@]2(C)C3CC=C4C(CC[C@H](O[C@@H]5O[C@H](CO)[C@@H](O)[C@H](O)[C@H]5O)C4(C)C)[C@]3(C)C(=O)C[C@]12C. The van der Waals surface area contributed by atoms with E-state index in [-0.39, 0.29) is 28.8 Å². The number of ketones is 1. The second kappa shape index (κ2) is 11.7. The molecule has 3 saturated carbocycles. The Morgan fingerprint density at radius 3 is 2.34 bits per heavy atom. The van der Waals surface area contributed by atoms with Crippen LogP contribution in [0.4, 0.5) is 0 Å². The summed E-state index contributed by atoms with van der Waals surface area (Å²) in [6.07, 6.45) is 3.64. The quantitative estimate of drug-likeness (QED) is 0.250. The van der Waals surface area contributed by atoms with E-state index in [9.17, 15) is 30.3 Å². The van der Waals surface area contributed by atoms with Crippen molar-refractivity contribution < 1.29 is 39.8 Å². The topological polar surface area (TPSA) is 137 Å². The van der Waals surface area contributed by atoms with Gasteiger partial charge in [0.15, 0.2) is 6.29 Å². The molecule has 13 atom stereocenters. The van der Waals surface area contributed by atoms with Gasteiger partial charge < -0.3 is 35.0 Å². The summed E-state index contributed by atoms with van der Waals surface area (Å²) in [7, 11) is 0. The highest BCUT2D eigenvalue weighted by molar-refractivity contribution is 5.88. The monoisotopic (exact) mass is 620 g/mol. The van der Waals surface area contributed by atoms with Crippen molar-refractivity contribution >= 4 is 5.78 Å². The van der Waals surface area contributed by atoms with Gasteiger partial charge in [-0.3, -0.25) is 4.79 Å². The van der Waals surface area contributed by atoms with Crippen molar-refractivity contribution in [1.82, 2.24) is 0 Å². The number of Topliss-reactive ketones (excluding diaryl/α,β-unsaturated/α-hetero) is 1. The number of carbonyl (C=O) groups is 1. The zero-order valence-corrected chi connectivity index (χ0v) is 28.4. The molecular weight excluding hydrogens is 560 g/mol. The Morgan fingerprint density at radius 1 is 1.02 bits per heavy atom. The first-order valence-electron chi connectivity index (χ1n) is 17.2. The fraction of sp³-hybridized carbons (Fsp3) is 0.917. The van der Waals surface area contributed by atoms with Crippen molar-refractivity contribution in [2.75, 3.05) is 6.61 Å². The molecule has 3 unspecified atom stereocenters. The second-order valence-electron chi connectivity index (χ2n) is 17.2. The Morgan fingerprint density at radius 2 is 1.70 bits per heavy atom. The van der Waals surface area contributed by atoms with Crippen molar-refractivity contribution in [1.29, 1.82) is 0 Å². The summed E-state index contributed by atoms with van der Waals surface area (Å²) in [6.45, 7) is 17.0. The lowest BCUT2D eigenvalue weighted by Crippen LogP contribution is -2.64. The van der Waals surface area contributed by atoms with Crippen LogP contribution in [0.1, 0.15) is 113 Å². The van der Waals surface area contributed by atoms with Crippen LogP contribution in [0, 0.1) is 45.3 Å². The molecule has 0 amide bonds. The zero-order chi connectivity index (χ0) is 32.6. The maximum absolute atomic E-state index is 14.6. The van der Waals surface area contributed by atoms with Crippen LogP contribution < -0.4 is 0 Å².